The third-order valence-electron chi connectivity index (χ3n) is 3.37. The normalized spacial score (nSPS) is 14.2. The van der Waals surface area contributed by atoms with Gasteiger partial charge in [0, 0.05) is 6.07 Å². The lowest BCUT2D eigenvalue weighted by Crippen LogP contribution is -2.21. The van der Waals surface area contributed by atoms with Crippen LogP contribution in [0, 0.1) is 12.7 Å². The van der Waals surface area contributed by atoms with Gasteiger partial charge in [-0.1, -0.05) is 0 Å². The number of esters is 1. The number of hydrogen-bond donors (Lipinski definition) is 0. The number of aromatic nitrogens is 2. The van der Waals surface area contributed by atoms with Gasteiger partial charge in [-0.3, -0.25) is 0 Å². The van der Waals surface area contributed by atoms with Gasteiger partial charge in [-0.05, 0) is 39.3 Å². The molecule has 0 aliphatic rings. The first-order valence-corrected chi connectivity index (χ1v) is 7.29. The lowest BCUT2D eigenvalue weighted by Gasteiger charge is -2.17. The van der Waals surface area contributed by atoms with Crippen molar-refractivity contribution in [1.82, 2.24) is 9.55 Å². The molecule has 2 rings (SSSR count). The summed E-state index contributed by atoms with van der Waals surface area (Å²) in [7, 11) is 0. The predicted octanol–water partition coefficient (Wildman–Crippen LogP) is 3.91. The second kappa shape index (κ2) is 6.02. The highest BCUT2D eigenvalue weighted by atomic mass is 35.5. The SMILES string of the molecule is CCOC(=O)C(C)n1c(C(C)Cl)nc2cc(F)c(C)cc21. The molecule has 0 N–H and O–H groups in total. The molecule has 6 heteroatoms. The van der Waals surface area contributed by atoms with Crippen molar-refractivity contribution in [1.29, 1.82) is 0 Å². The van der Waals surface area contributed by atoms with E-state index < -0.39 is 11.4 Å². The standard InChI is InChI=1S/C15H18ClFN2O2/c1-5-21-15(20)10(4)19-13-6-8(2)11(17)7-12(13)18-14(19)9(3)16/h6-7,9-10H,5H2,1-4H3. The van der Waals surface area contributed by atoms with E-state index >= 15 is 0 Å². The molecule has 1 aromatic heterocycles. The van der Waals surface area contributed by atoms with Crippen LogP contribution >= 0.6 is 11.6 Å². The first-order valence-electron chi connectivity index (χ1n) is 6.85. The molecule has 0 aliphatic heterocycles. The van der Waals surface area contributed by atoms with Crippen molar-refractivity contribution in [2.75, 3.05) is 6.61 Å². The van der Waals surface area contributed by atoms with E-state index in [2.05, 4.69) is 4.98 Å². The van der Waals surface area contributed by atoms with Crippen LogP contribution in [0.3, 0.4) is 0 Å². The molecule has 0 radical (unpaired) electrons. The van der Waals surface area contributed by atoms with E-state index in [9.17, 15) is 9.18 Å². The smallest absolute Gasteiger partial charge is 0.328 e. The Balaban J connectivity index is 2.66. The molecule has 0 bridgehead atoms. The first-order chi connectivity index (χ1) is 9.86. The summed E-state index contributed by atoms with van der Waals surface area (Å²) in [6.45, 7) is 7.21. The van der Waals surface area contributed by atoms with Crippen molar-refractivity contribution >= 4 is 28.6 Å². The fraction of sp³-hybridized carbons (Fsp3) is 0.467. The van der Waals surface area contributed by atoms with Crippen LogP contribution in [0.2, 0.25) is 0 Å². The maximum absolute atomic E-state index is 13.7. The van der Waals surface area contributed by atoms with Crippen molar-refractivity contribution in [2.45, 2.75) is 39.1 Å². The summed E-state index contributed by atoms with van der Waals surface area (Å²) >= 11 is 6.16. The number of aryl methyl sites for hydroxylation is 1. The molecule has 0 saturated carbocycles. The number of carbonyl (C=O) groups is 1. The Morgan fingerprint density at radius 3 is 2.71 bits per heavy atom. The Labute approximate surface area is 127 Å². The molecular formula is C15H18ClFN2O2. The number of benzene rings is 1. The van der Waals surface area contributed by atoms with E-state index in [1.54, 1.807) is 38.3 Å². The second-order valence-corrected chi connectivity index (χ2v) is 5.63. The first kappa shape index (κ1) is 15.8. The summed E-state index contributed by atoms with van der Waals surface area (Å²) in [4.78, 5) is 16.4. The lowest BCUT2D eigenvalue weighted by atomic mass is 10.2. The number of hydrogen-bond acceptors (Lipinski definition) is 3. The minimum Gasteiger partial charge on any atom is -0.464 e. The quantitative estimate of drug-likeness (QED) is 0.635. The summed E-state index contributed by atoms with van der Waals surface area (Å²) in [6.07, 6.45) is 0. The van der Waals surface area contributed by atoms with E-state index in [0.29, 0.717) is 29.0 Å². The van der Waals surface area contributed by atoms with Gasteiger partial charge in [0.2, 0.25) is 0 Å². The van der Waals surface area contributed by atoms with E-state index in [1.807, 2.05) is 0 Å². The van der Waals surface area contributed by atoms with Gasteiger partial charge >= 0.3 is 5.97 Å². The molecule has 0 saturated heterocycles. The van der Waals surface area contributed by atoms with Gasteiger partial charge in [0.1, 0.15) is 17.7 Å². The Morgan fingerprint density at radius 1 is 1.48 bits per heavy atom. The van der Waals surface area contributed by atoms with Crippen molar-refractivity contribution in [3.8, 4) is 0 Å². The number of carbonyl (C=O) groups excluding carboxylic acids is 1. The summed E-state index contributed by atoms with van der Waals surface area (Å²) < 4.78 is 20.5. The number of rotatable bonds is 4. The fourth-order valence-corrected chi connectivity index (χ4v) is 2.45. The van der Waals surface area contributed by atoms with E-state index in [4.69, 9.17) is 16.3 Å². The molecule has 21 heavy (non-hydrogen) atoms. The zero-order valence-corrected chi connectivity index (χ0v) is 13.2. The minimum absolute atomic E-state index is 0.301. The van der Waals surface area contributed by atoms with Gasteiger partial charge in [-0.2, -0.15) is 0 Å². The molecule has 2 unspecified atom stereocenters. The van der Waals surface area contributed by atoms with Crippen LogP contribution in [0.1, 0.15) is 43.6 Å². The number of alkyl halides is 1. The highest BCUT2D eigenvalue weighted by Crippen LogP contribution is 2.30. The van der Waals surface area contributed by atoms with E-state index in [0.717, 1.165) is 0 Å². The van der Waals surface area contributed by atoms with Crippen molar-refractivity contribution in [3.05, 3.63) is 29.3 Å². The maximum Gasteiger partial charge on any atom is 0.328 e. The molecule has 0 aliphatic carbocycles. The number of imidazole rings is 1. The van der Waals surface area contributed by atoms with Crippen molar-refractivity contribution in [2.24, 2.45) is 0 Å². The average molecular weight is 313 g/mol. The molecule has 2 aromatic rings. The molecule has 4 nitrogen and oxygen atoms in total. The van der Waals surface area contributed by atoms with Gasteiger partial charge in [-0.25, -0.2) is 14.2 Å². The van der Waals surface area contributed by atoms with Crippen LogP contribution in [0.15, 0.2) is 12.1 Å². The third kappa shape index (κ3) is 2.88. The lowest BCUT2D eigenvalue weighted by molar-refractivity contribution is -0.146. The predicted molar refractivity (Wildman–Crippen MR) is 80.0 cm³/mol. The molecule has 0 fully saturated rings. The largest absolute Gasteiger partial charge is 0.464 e. The highest BCUT2D eigenvalue weighted by Gasteiger charge is 2.25. The molecular weight excluding hydrogens is 295 g/mol. The fourth-order valence-electron chi connectivity index (χ4n) is 2.29. The summed E-state index contributed by atoms with van der Waals surface area (Å²) in [5, 5.41) is -0.405. The van der Waals surface area contributed by atoms with Gasteiger partial charge in [0.05, 0.1) is 23.0 Å². The number of nitrogens with zero attached hydrogens (tertiary/aromatic N) is 2. The Bertz CT molecular complexity index is 682. The summed E-state index contributed by atoms with van der Waals surface area (Å²) in [6, 6.07) is 2.47. The Hall–Kier alpha value is -1.62. The van der Waals surface area contributed by atoms with E-state index in [1.165, 1.54) is 6.07 Å². The van der Waals surface area contributed by atoms with Crippen LogP contribution in [-0.4, -0.2) is 22.1 Å². The van der Waals surface area contributed by atoms with Gasteiger partial charge in [-0.15, -0.1) is 11.6 Å². The van der Waals surface area contributed by atoms with Crippen LogP contribution < -0.4 is 0 Å². The van der Waals surface area contributed by atoms with Gasteiger partial charge in [0.25, 0.3) is 0 Å². The van der Waals surface area contributed by atoms with Crippen LogP contribution in [0.25, 0.3) is 11.0 Å². The van der Waals surface area contributed by atoms with Crippen LogP contribution in [0.4, 0.5) is 4.39 Å². The van der Waals surface area contributed by atoms with Gasteiger partial charge in [0.15, 0.2) is 0 Å². The van der Waals surface area contributed by atoms with Crippen LogP contribution in [-0.2, 0) is 9.53 Å². The molecule has 0 spiro atoms. The second-order valence-electron chi connectivity index (χ2n) is 4.97. The average Bonchev–Trinajstić information content (AvgIpc) is 2.77. The number of fused-ring (bicyclic) bond motifs is 1. The Kier molecular flexibility index (Phi) is 4.52. The monoisotopic (exact) mass is 312 g/mol. The summed E-state index contributed by atoms with van der Waals surface area (Å²) in [5.74, 6) is -0.167. The molecule has 114 valence electrons. The molecule has 2 atom stereocenters. The van der Waals surface area contributed by atoms with Gasteiger partial charge < -0.3 is 9.30 Å². The zero-order valence-electron chi connectivity index (χ0n) is 12.5. The number of halogens is 2. The minimum atomic E-state index is -0.573. The van der Waals surface area contributed by atoms with Crippen LogP contribution in [0.5, 0.6) is 0 Å². The number of ether oxygens (including phenoxy) is 1. The summed E-state index contributed by atoms with van der Waals surface area (Å²) in [5.41, 5.74) is 1.65. The van der Waals surface area contributed by atoms with E-state index in [-0.39, 0.29) is 11.8 Å². The zero-order chi connectivity index (χ0) is 15.7. The third-order valence-corrected chi connectivity index (χ3v) is 3.56. The molecule has 0 amide bonds. The van der Waals surface area contributed by atoms with Crippen molar-refractivity contribution < 1.29 is 13.9 Å². The molecule has 1 heterocycles. The maximum atomic E-state index is 13.7. The van der Waals surface area contributed by atoms with Crippen molar-refractivity contribution in [3.63, 3.8) is 0 Å². The Morgan fingerprint density at radius 2 is 2.14 bits per heavy atom. The highest BCUT2D eigenvalue weighted by molar-refractivity contribution is 6.20. The molecule has 1 aromatic carbocycles. The topological polar surface area (TPSA) is 44.1 Å².